The molecule has 1 aromatic rings. The second-order valence-corrected chi connectivity index (χ2v) is 8.84. The minimum atomic E-state index is -0.156. The van der Waals surface area contributed by atoms with E-state index in [0.29, 0.717) is 44.9 Å². The fourth-order valence-electron chi connectivity index (χ4n) is 4.26. The number of amides is 3. The van der Waals surface area contributed by atoms with E-state index in [2.05, 4.69) is 21.2 Å². The molecule has 3 amide bonds. The van der Waals surface area contributed by atoms with Crippen molar-refractivity contribution in [2.75, 3.05) is 39.4 Å². The van der Waals surface area contributed by atoms with E-state index in [1.807, 2.05) is 28.9 Å². The van der Waals surface area contributed by atoms with Gasteiger partial charge in [0.05, 0.1) is 6.04 Å². The Balaban J connectivity index is 1.32. The summed E-state index contributed by atoms with van der Waals surface area (Å²) in [5.41, 5.74) is 0.962. The summed E-state index contributed by atoms with van der Waals surface area (Å²) < 4.78 is 12.2. The Hall–Kier alpha value is -1.96. The Morgan fingerprint density at radius 1 is 1.03 bits per heavy atom. The number of hydrogen-bond acceptors (Lipinski definition) is 4. The predicted molar refractivity (Wildman–Crippen MR) is 112 cm³/mol. The highest BCUT2D eigenvalue weighted by Crippen LogP contribution is 2.38. The lowest BCUT2D eigenvalue weighted by Gasteiger charge is -2.34. The summed E-state index contributed by atoms with van der Waals surface area (Å²) >= 11 is 3.58. The molecule has 0 aliphatic carbocycles. The third kappa shape index (κ3) is 4.47. The fourth-order valence-corrected chi connectivity index (χ4v) is 4.93. The molecular formula is C21H28BrN3O4. The molecule has 7 nitrogen and oxygen atoms in total. The molecule has 3 heterocycles. The number of ether oxygens (including phenoxy) is 2. The molecular weight excluding hydrogens is 438 g/mol. The van der Waals surface area contributed by atoms with Crippen molar-refractivity contribution in [1.29, 1.82) is 0 Å². The van der Waals surface area contributed by atoms with Crippen LogP contribution in [-0.4, -0.2) is 61.1 Å². The Bertz CT molecular complexity index is 773. The molecule has 3 aliphatic rings. The van der Waals surface area contributed by atoms with Crippen LogP contribution in [0.2, 0.25) is 0 Å². The van der Waals surface area contributed by atoms with Crippen LogP contribution in [0.1, 0.15) is 44.2 Å². The Labute approximate surface area is 179 Å². The van der Waals surface area contributed by atoms with Gasteiger partial charge < -0.3 is 24.6 Å². The molecule has 0 spiro atoms. The maximum absolute atomic E-state index is 12.8. The number of halogens is 1. The van der Waals surface area contributed by atoms with Gasteiger partial charge >= 0.3 is 6.03 Å². The average molecular weight is 466 g/mol. The van der Waals surface area contributed by atoms with Gasteiger partial charge in [-0.25, -0.2) is 4.79 Å². The number of likely N-dealkylation sites (tertiary alicyclic amines) is 2. The topological polar surface area (TPSA) is 71.1 Å². The van der Waals surface area contributed by atoms with Crippen molar-refractivity contribution in [3.05, 3.63) is 22.2 Å². The summed E-state index contributed by atoms with van der Waals surface area (Å²) in [4.78, 5) is 29.2. The van der Waals surface area contributed by atoms with Gasteiger partial charge in [0.1, 0.15) is 13.2 Å². The summed E-state index contributed by atoms with van der Waals surface area (Å²) in [5, 5.41) is 3.13. The number of rotatable bonds is 3. The minimum Gasteiger partial charge on any atom is -0.486 e. The second kappa shape index (κ2) is 8.81. The molecule has 1 N–H and O–H groups in total. The third-order valence-electron chi connectivity index (χ3n) is 6.00. The highest BCUT2D eigenvalue weighted by Gasteiger charge is 2.31. The van der Waals surface area contributed by atoms with Crippen LogP contribution in [0.25, 0.3) is 0 Å². The first-order valence-electron chi connectivity index (χ1n) is 10.5. The first-order valence-corrected chi connectivity index (χ1v) is 11.3. The van der Waals surface area contributed by atoms with E-state index in [9.17, 15) is 9.59 Å². The van der Waals surface area contributed by atoms with Crippen LogP contribution in [-0.2, 0) is 4.79 Å². The monoisotopic (exact) mass is 465 g/mol. The van der Waals surface area contributed by atoms with E-state index in [0.717, 1.165) is 41.7 Å². The maximum atomic E-state index is 12.8. The van der Waals surface area contributed by atoms with Crippen LogP contribution in [0.15, 0.2) is 16.6 Å². The molecule has 8 heteroatoms. The molecule has 1 aromatic carbocycles. The smallest absolute Gasteiger partial charge is 0.319 e. The maximum Gasteiger partial charge on any atom is 0.319 e. The van der Waals surface area contributed by atoms with Crippen molar-refractivity contribution in [2.24, 2.45) is 5.92 Å². The van der Waals surface area contributed by atoms with Gasteiger partial charge in [-0.05, 0) is 50.3 Å². The highest BCUT2D eigenvalue weighted by molar-refractivity contribution is 9.10. The molecule has 0 bridgehead atoms. The minimum absolute atomic E-state index is 0.0487. The van der Waals surface area contributed by atoms with Crippen LogP contribution < -0.4 is 14.8 Å². The van der Waals surface area contributed by atoms with Gasteiger partial charge in [-0.1, -0.05) is 15.9 Å². The molecule has 0 radical (unpaired) electrons. The van der Waals surface area contributed by atoms with E-state index in [1.165, 1.54) is 0 Å². The van der Waals surface area contributed by atoms with Crippen LogP contribution in [0.3, 0.4) is 0 Å². The number of nitrogens with one attached hydrogen (secondary N) is 1. The Morgan fingerprint density at radius 2 is 1.62 bits per heavy atom. The zero-order chi connectivity index (χ0) is 20.4. The largest absolute Gasteiger partial charge is 0.486 e. The summed E-state index contributed by atoms with van der Waals surface area (Å²) in [5.74, 6) is 1.42. The number of nitrogens with zero attached hydrogens (tertiary/aromatic N) is 2. The van der Waals surface area contributed by atoms with Crippen LogP contribution in [0, 0.1) is 5.92 Å². The van der Waals surface area contributed by atoms with Crippen molar-refractivity contribution in [2.45, 2.75) is 38.6 Å². The summed E-state index contributed by atoms with van der Waals surface area (Å²) in [6.45, 7) is 6.07. The van der Waals surface area contributed by atoms with Gasteiger partial charge in [0, 0.05) is 36.6 Å². The van der Waals surface area contributed by atoms with Crippen molar-refractivity contribution in [3.63, 3.8) is 0 Å². The van der Waals surface area contributed by atoms with Crippen LogP contribution in [0.5, 0.6) is 11.5 Å². The van der Waals surface area contributed by atoms with Crippen LogP contribution >= 0.6 is 15.9 Å². The number of carbonyl (C=O) groups is 2. The van der Waals surface area contributed by atoms with Gasteiger partial charge in [-0.2, -0.15) is 0 Å². The number of carbonyl (C=O) groups excluding carboxylic acids is 2. The summed E-state index contributed by atoms with van der Waals surface area (Å²) in [6.07, 6.45) is 3.61. The molecule has 4 rings (SSSR count). The lowest BCUT2D eigenvalue weighted by molar-refractivity contribution is -0.127. The van der Waals surface area contributed by atoms with E-state index >= 15 is 0 Å². The molecule has 1 unspecified atom stereocenters. The standard InChI is InChI=1S/C21H28BrN3O4/c1-14(16-12-18-19(13-17(16)22)29-11-10-28-18)23-20(26)15-4-8-25(9-5-15)21(27)24-6-2-3-7-24/h12-15H,2-11H2,1H3,(H,23,26). The lowest BCUT2D eigenvalue weighted by Crippen LogP contribution is -2.47. The number of fused-ring (bicyclic) bond motifs is 1. The van der Waals surface area contributed by atoms with Crippen molar-refractivity contribution in [1.82, 2.24) is 15.1 Å². The molecule has 0 aromatic heterocycles. The van der Waals surface area contributed by atoms with E-state index in [1.54, 1.807) is 0 Å². The van der Waals surface area contributed by atoms with Crippen molar-refractivity contribution in [3.8, 4) is 11.5 Å². The molecule has 2 fully saturated rings. The van der Waals surface area contributed by atoms with Gasteiger partial charge in [-0.3, -0.25) is 4.79 Å². The fraction of sp³-hybridized carbons (Fsp3) is 0.619. The van der Waals surface area contributed by atoms with Crippen molar-refractivity contribution < 1.29 is 19.1 Å². The van der Waals surface area contributed by atoms with Gasteiger partial charge in [-0.15, -0.1) is 0 Å². The molecule has 3 aliphatic heterocycles. The molecule has 2 saturated heterocycles. The number of urea groups is 1. The number of hydrogen-bond donors (Lipinski definition) is 1. The van der Waals surface area contributed by atoms with E-state index < -0.39 is 0 Å². The summed E-state index contributed by atoms with van der Waals surface area (Å²) in [6, 6.07) is 3.81. The normalized spacial score (nSPS) is 20.5. The van der Waals surface area contributed by atoms with Gasteiger partial charge in [0.25, 0.3) is 0 Å². The van der Waals surface area contributed by atoms with E-state index in [-0.39, 0.29) is 23.9 Å². The predicted octanol–water partition coefficient (Wildman–Crippen LogP) is 3.33. The van der Waals surface area contributed by atoms with Gasteiger partial charge in [0.2, 0.25) is 5.91 Å². The lowest BCUT2D eigenvalue weighted by atomic mass is 9.95. The third-order valence-corrected chi connectivity index (χ3v) is 6.69. The quantitative estimate of drug-likeness (QED) is 0.742. The first-order chi connectivity index (χ1) is 14.0. The van der Waals surface area contributed by atoms with Gasteiger partial charge in [0.15, 0.2) is 11.5 Å². The zero-order valence-electron chi connectivity index (χ0n) is 16.8. The SMILES string of the molecule is CC(NC(=O)C1CCN(C(=O)N2CCCC2)CC1)c1cc2c(cc1Br)OCCO2. The summed E-state index contributed by atoms with van der Waals surface area (Å²) in [7, 11) is 0. The average Bonchev–Trinajstić information content (AvgIpc) is 3.27. The molecule has 158 valence electrons. The molecule has 29 heavy (non-hydrogen) atoms. The van der Waals surface area contributed by atoms with Crippen LogP contribution in [0.4, 0.5) is 4.79 Å². The van der Waals surface area contributed by atoms with Crippen molar-refractivity contribution >= 4 is 27.9 Å². The first kappa shape index (κ1) is 20.3. The number of benzene rings is 1. The Kier molecular flexibility index (Phi) is 6.18. The second-order valence-electron chi connectivity index (χ2n) is 7.99. The Morgan fingerprint density at radius 3 is 2.28 bits per heavy atom. The zero-order valence-corrected chi connectivity index (χ0v) is 18.4. The van der Waals surface area contributed by atoms with E-state index in [4.69, 9.17) is 9.47 Å². The molecule has 0 saturated carbocycles. The highest BCUT2D eigenvalue weighted by atomic mass is 79.9. The molecule has 1 atom stereocenters. The number of piperidine rings is 1.